The second-order valence-corrected chi connectivity index (χ2v) is 1.51. The largest absolute Gasteiger partial charge is 0.342 e. The lowest BCUT2D eigenvalue weighted by molar-refractivity contribution is -0.302. The number of rotatable bonds is 4. The van der Waals surface area contributed by atoms with Gasteiger partial charge in [-0.2, -0.15) is 0 Å². The van der Waals surface area contributed by atoms with Crippen molar-refractivity contribution in [2.45, 2.75) is 6.41 Å². The first-order valence-corrected chi connectivity index (χ1v) is 2.58. The molecule has 0 heterocycles. The van der Waals surface area contributed by atoms with E-state index in [0.29, 0.717) is 0 Å². The molecule has 0 fully saturated rings. The molecule has 0 unspecified atom stereocenters. The van der Waals surface area contributed by atoms with Gasteiger partial charge in [0.25, 0.3) is 0 Å². The van der Waals surface area contributed by atoms with Crippen LogP contribution < -0.4 is 0 Å². The molecule has 0 atom stereocenters. The minimum Gasteiger partial charge on any atom is -0.342 e. The summed E-state index contributed by atoms with van der Waals surface area (Å²) in [6.45, 7) is 0. The molecule has 0 aromatic heterocycles. The molecular weight excluding hydrogens is 122 g/mol. The average Bonchev–Trinajstić information content (AvgIpc) is 1.90. The van der Waals surface area contributed by atoms with Crippen LogP contribution in [0.2, 0.25) is 0 Å². The Bertz CT molecular complexity index is 65.2. The number of ether oxygens (including phenoxy) is 2. The topological polar surface area (TPSA) is 30.9 Å². The fraction of sp³-hybridized carbons (Fsp3) is 1.00. The number of hydrogen-bond acceptors (Lipinski definition) is 4. The number of methoxy groups -OCH3 is 2. The van der Waals surface area contributed by atoms with Crippen molar-refractivity contribution < 1.29 is 14.3 Å². The molecular formula is C5H13NO3. The molecule has 0 N–H and O–H groups in total. The van der Waals surface area contributed by atoms with Crippen molar-refractivity contribution in [3.05, 3.63) is 0 Å². The molecule has 0 saturated heterocycles. The fourth-order valence-corrected chi connectivity index (χ4v) is 0.479. The van der Waals surface area contributed by atoms with Gasteiger partial charge in [-0.1, -0.05) is 0 Å². The van der Waals surface area contributed by atoms with Crippen LogP contribution in [0.25, 0.3) is 0 Å². The molecule has 9 heavy (non-hydrogen) atoms. The zero-order valence-corrected chi connectivity index (χ0v) is 6.25. The highest BCUT2D eigenvalue weighted by molar-refractivity contribution is 4.27. The molecule has 0 aliphatic rings. The molecule has 4 nitrogen and oxygen atoms in total. The first-order valence-electron chi connectivity index (χ1n) is 2.58. The van der Waals surface area contributed by atoms with Crippen molar-refractivity contribution in [3.8, 4) is 0 Å². The van der Waals surface area contributed by atoms with E-state index in [2.05, 4.69) is 0 Å². The van der Waals surface area contributed by atoms with Gasteiger partial charge in [0.1, 0.15) is 0 Å². The summed E-state index contributed by atoms with van der Waals surface area (Å²) in [5.74, 6) is 0. The Morgan fingerprint density at radius 2 is 1.56 bits per heavy atom. The molecule has 0 aromatic carbocycles. The van der Waals surface area contributed by atoms with Crippen molar-refractivity contribution in [2.75, 3.05) is 28.4 Å². The minimum atomic E-state index is -0.421. The lowest BCUT2D eigenvalue weighted by atomic mass is 11.0. The van der Waals surface area contributed by atoms with E-state index in [0.717, 1.165) is 0 Å². The van der Waals surface area contributed by atoms with Crippen LogP contribution in [0.15, 0.2) is 0 Å². The predicted molar refractivity (Wildman–Crippen MR) is 32.6 cm³/mol. The Labute approximate surface area is 55.3 Å². The van der Waals surface area contributed by atoms with Crippen molar-refractivity contribution in [3.63, 3.8) is 0 Å². The van der Waals surface area contributed by atoms with E-state index in [1.54, 1.807) is 28.4 Å². The summed E-state index contributed by atoms with van der Waals surface area (Å²) in [7, 11) is 6.36. The molecule has 0 aliphatic heterocycles. The van der Waals surface area contributed by atoms with Crippen LogP contribution in [-0.4, -0.2) is 39.9 Å². The van der Waals surface area contributed by atoms with Gasteiger partial charge >= 0.3 is 0 Å². The molecule has 0 bridgehead atoms. The Hall–Kier alpha value is -0.160. The molecule has 56 valence electrons. The first-order chi connectivity index (χ1) is 4.26. The lowest BCUT2D eigenvalue weighted by Crippen LogP contribution is -2.33. The summed E-state index contributed by atoms with van der Waals surface area (Å²) in [5, 5.41) is 1.46. The van der Waals surface area contributed by atoms with Crippen molar-refractivity contribution in [1.82, 2.24) is 5.06 Å². The van der Waals surface area contributed by atoms with E-state index in [4.69, 9.17) is 14.3 Å². The number of hydroxylamine groups is 2. The summed E-state index contributed by atoms with van der Waals surface area (Å²) in [5.41, 5.74) is 0. The van der Waals surface area contributed by atoms with E-state index in [1.807, 2.05) is 0 Å². The van der Waals surface area contributed by atoms with Crippen LogP contribution in [0.5, 0.6) is 0 Å². The summed E-state index contributed by atoms with van der Waals surface area (Å²) < 4.78 is 9.66. The smallest absolute Gasteiger partial charge is 0.240 e. The van der Waals surface area contributed by atoms with E-state index in [-0.39, 0.29) is 0 Å². The van der Waals surface area contributed by atoms with E-state index in [1.165, 1.54) is 5.06 Å². The SMILES string of the molecule is COC(OC)N(C)OC. The summed E-state index contributed by atoms with van der Waals surface area (Å²) >= 11 is 0. The molecule has 0 spiro atoms. The highest BCUT2D eigenvalue weighted by Gasteiger charge is 2.09. The summed E-state index contributed by atoms with van der Waals surface area (Å²) in [6.07, 6.45) is -0.421. The summed E-state index contributed by atoms with van der Waals surface area (Å²) in [4.78, 5) is 4.78. The van der Waals surface area contributed by atoms with Crippen molar-refractivity contribution in [2.24, 2.45) is 0 Å². The highest BCUT2D eigenvalue weighted by atomic mass is 16.8. The van der Waals surface area contributed by atoms with Crippen LogP contribution in [0.4, 0.5) is 0 Å². The van der Waals surface area contributed by atoms with Gasteiger partial charge in [-0.05, 0) is 0 Å². The zero-order chi connectivity index (χ0) is 7.28. The van der Waals surface area contributed by atoms with Crippen molar-refractivity contribution >= 4 is 0 Å². The maximum Gasteiger partial charge on any atom is 0.240 e. The zero-order valence-electron chi connectivity index (χ0n) is 6.25. The normalized spacial score (nSPS) is 11.3. The van der Waals surface area contributed by atoms with Gasteiger partial charge in [0, 0.05) is 21.3 Å². The second-order valence-electron chi connectivity index (χ2n) is 1.51. The van der Waals surface area contributed by atoms with Gasteiger partial charge in [-0.15, -0.1) is 5.06 Å². The monoisotopic (exact) mass is 135 g/mol. The maximum atomic E-state index is 4.83. The Morgan fingerprint density at radius 3 is 1.67 bits per heavy atom. The fourth-order valence-electron chi connectivity index (χ4n) is 0.479. The maximum absolute atomic E-state index is 4.83. The van der Waals surface area contributed by atoms with Gasteiger partial charge < -0.3 is 9.47 Å². The van der Waals surface area contributed by atoms with Gasteiger partial charge in [0.2, 0.25) is 6.41 Å². The summed E-state index contributed by atoms with van der Waals surface area (Å²) in [6, 6.07) is 0. The van der Waals surface area contributed by atoms with Gasteiger partial charge in [0.15, 0.2) is 0 Å². The third-order valence-electron chi connectivity index (χ3n) is 0.988. The number of hydrogen-bond donors (Lipinski definition) is 0. The third-order valence-corrected chi connectivity index (χ3v) is 0.988. The second kappa shape index (κ2) is 4.69. The van der Waals surface area contributed by atoms with Crippen LogP contribution in [0, 0.1) is 0 Å². The van der Waals surface area contributed by atoms with Gasteiger partial charge in [-0.3, -0.25) is 4.84 Å². The predicted octanol–water partition coefficient (Wildman–Crippen LogP) is 0.0560. The molecule has 0 amide bonds. The molecule has 0 rings (SSSR count). The van der Waals surface area contributed by atoms with E-state index >= 15 is 0 Å². The highest BCUT2D eigenvalue weighted by Crippen LogP contribution is 1.95. The minimum absolute atomic E-state index is 0.421. The molecule has 0 radical (unpaired) electrons. The third kappa shape index (κ3) is 2.76. The van der Waals surface area contributed by atoms with Crippen LogP contribution in [-0.2, 0) is 14.3 Å². The Balaban J connectivity index is 3.50. The standard InChI is InChI=1S/C5H13NO3/c1-6(9-4)5(7-2)8-3/h5H,1-4H3. The van der Waals surface area contributed by atoms with Crippen LogP contribution in [0.3, 0.4) is 0 Å². The molecule has 0 saturated carbocycles. The number of nitrogens with zero attached hydrogens (tertiary/aromatic N) is 1. The van der Waals surface area contributed by atoms with Crippen LogP contribution >= 0.6 is 0 Å². The van der Waals surface area contributed by atoms with Gasteiger partial charge in [0.05, 0.1) is 7.11 Å². The molecule has 0 aromatic rings. The molecule has 4 heteroatoms. The van der Waals surface area contributed by atoms with Crippen LogP contribution in [0.1, 0.15) is 0 Å². The Morgan fingerprint density at radius 1 is 1.11 bits per heavy atom. The van der Waals surface area contributed by atoms with E-state index < -0.39 is 6.41 Å². The molecule has 0 aliphatic carbocycles. The van der Waals surface area contributed by atoms with E-state index in [9.17, 15) is 0 Å². The Kier molecular flexibility index (Phi) is 4.61. The first kappa shape index (κ1) is 8.84. The average molecular weight is 135 g/mol. The lowest BCUT2D eigenvalue weighted by Gasteiger charge is -2.21. The quantitative estimate of drug-likeness (QED) is 0.403. The van der Waals surface area contributed by atoms with Gasteiger partial charge in [-0.25, -0.2) is 0 Å². The van der Waals surface area contributed by atoms with Crippen molar-refractivity contribution in [1.29, 1.82) is 0 Å².